The maximum atomic E-state index is 5.40. The molecule has 1 aliphatic carbocycles. The monoisotopic (exact) mass is 249 g/mol. The summed E-state index contributed by atoms with van der Waals surface area (Å²) < 4.78 is 10.7. The van der Waals surface area contributed by atoms with E-state index in [0.29, 0.717) is 0 Å². The zero-order valence-electron chi connectivity index (χ0n) is 11.6. The average Bonchev–Trinajstić information content (AvgIpc) is 2.83. The van der Waals surface area contributed by atoms with E-state index in [-0.39, 0.29) is 5.54 Å². The van der Waals surface area contributed by atoms with E-state index in [9.17, 15) is 0 Å². The van der Waals surface area contributed by atoms with E-state index < -0.39 is 0 Å². The van der Waals surface area contributed by atoms with Gasteiger partial charge in [0, 0.05) is 17.6 Å². The highest BCUT2D eigenvalue weighted by Crippen LogP contribution is 2.30. The first kappa shape index (κ1) is 13.2. The molecule has 0 heterocycles. The Kier molecular flexibility index (Phi) is 4.12. The second-order valence-electron chi connectivity index (χ2n) is 5.30. The van der Waals surface area contributed by atoms with Gasteiger partial charge < -0.3 is 14.8 Å². The molecule has 0 unspecified atom stereocenters. The predicted molar refractivity (Wildman–Crippen MR) is 73.3 cm³/mol. The first-order valence-corrected chi connectivity index (χ1v) is 6.63. The van der Waals surface area contributed by atoms with Crippen molar-refractivity contribution in [2.45, 2.75) is 44.7 Å². The molecule has 0 aliphatic heterocycles. The van der Waals surface area contributed by atoms with Gasteiger partial charge in [0.15, 0.2) is 0 Å². The third-order valence-corrected chi connectivity index (χ3v) is 3.90. The van der Waals surface area contributed by atoms with Gasteiger partial charge in [-0.1, -0.05) is 12.8 Å². The zero-order valence-corrected chi connectivity index (χ0v) is 11.6. The molecule has 3 nitrogen and oxygen atoms in total. The topological polar surface area (TPSA) is 30.5 Å². The van der Waals surface area contributed by atoms with E-state index in [1.54, 1.807) is 14.2 Å². The van der Waals surface area contributed by atoms with Gasteiger partial charge in [0.05, 0.1) is 14.2 Å². The fourth-order valence-electron chi connectivity index (χ4n) is 2.66. The molecule has 1 saturated carbocycles. The molecule has 0 amide bonds. The molecule has 0 radical (unpaired) electrons. The highest BCUT2D eigenvalue weighted by molar-refractivity contribution is 5.40. The number of rotatable bonds is 5. The molecular weight excluding hydrogens is 226 g/mol. The van der Waals surface area contributed by atoms with Crippen molar-refractivity contribution in [3.63, 3.8) is 0 Å². The Morgan fingerprint density at radius 3 is 2.50 bits per heavy atom. The molecule has 18 heavy (non-hydrogen) atoms. The van der Waals surface area contributed by atoms with Gasteiger partial charge in [0.2, 0.25) is 0 Å². The Morgan fingerprint density at radius 2 is 1.89 bits per heavy atom. The van der Waals surface area contributed by atoms with Crippen molar-refractivity contribution in [1.29, 1.82) is 0 Å². The van der Waals surface area contributed by atoms with Crippen LogP contribution in [0.5, 0.6) is 11.5 Å². The van der Waals surface area contributed by atoms with Crippen LogP contribution in [-0.4, -0.2) is 19.8 Å². The van der Waals surface area contributed by atoms with Crippen molar-refractivity contribution in [3.8, 4) is 11.5 Å². The highest BCUT2D eigenvalue weighted by atomic mass is 16.5. The quantitative estimate of drug-likeness (QED) is 0.869. The zero-order chi connectivity index (χ0) is 13.0. The van der Waals surface area contributed by atoms with Crippen LogP contribution in [0.25, 0.3) is 0 Å². The molecule has 0 bridgehead atoms. The van der Waals surface area contributed by atoms with Crippen LogP contribution in [0.2, 0.25) is 0 Å². The molecule has 0 aromatic heterocycles. The fourth-order valence-corrected chi connectivity index (χ4v) is 2.66. The van der Waals surface area contributed by atoms with Crippen LogP contribution < -0.4 is 14.8 Å². The van der Waals surface area contributed by atoms with Crippen LogP contribution >= 0.6 is 0 Å². The first-order valence-electron chi connectivity index (χ1n) is 6.63. The first-order chi connectivity index (χ1) is 8.67. The largest absolute Gasteiger partial charge is 0.497 e. The normalized spacial score (nSPS) is 17.7. The predicted octanol–water partition coefficient (Wildman–Crippen LogP) is 3.13. The summed E-state index contributed by atoms with van der Waals surface area (Å²) >= 11 is 0. The maximum absolute atomic E-state index is 5.40. The van der Waals surface area contributed by atoms with Crippen molar-refractivity contribution < 1.29 is 9.47 Å². The van der Waals surface area contributed by atoms with Crippen LogP contribution in [0.3, 0.4) is 0 Å². The van der Waals surface area contributed by atoms with Crippen LogP contribution in [-0.2, 0) is 6.54 Å². The lowest BCUT2D eigenvalue weighted by molar-refractivity contribution is 0.352. The molecule has 2 rings (SSSR count). The number of methoxy groups -OCH3 is 2. The molecule has 0 spiro atoms. The molecule has 1 aromatic carbocycles. The van der Waals surface area contributed by atoms with Gasteiger partial charge >= 0.3 is 0 Å². The smallest absolute Gasteiger partial charge is 0.123 e. The molecule has 1 aromatic rings. The summed E-state index contributed by atoms with van der Waals surface area (Å²) in [5.41, 5.74) is 1.44. The third kappa shape index (κ3) is 2.96. The molecule has 100 valence electrons. The van der Waals surface area contributed by atoms with E-state index in [1.807, 2.05) is 18.2 Å². The van der Waals surface area contributed by atoms with Gasteiger partial charge in [0.25, 0.3) is 0 Å². The van der Waals surface area contributed by atoms with Gasteiger partial charge in [0.1, 0.15) is 11.5 Å². The summed E-state index contributed by atoms with van der Waals surface area (Å²) in [7, 11) is 3.40. The van der Waals surface area contributed by atoms with Crippen molar-refractivity contribution in [1.82, 2.24) is 5.32 Å². The van der Waals surface area contributed by atoms with E-state index in [0.717, 1.165) is 23.6 Å². The minimum Gasteiger partial charge on any atom is -0.497 e. The summed E-state index contributed by atoms with van der Waals surface area (Å²) in [5, 5.41) is 3.66. The Labute approximate surface area is 109 Å². The van der Waals surface area contributed by atoms with Crippen molar-refractivity contribution in [2.75, 3.05) is 14.2 Å². The van der Waals surface area contributed by atoms with E-state index in [4.69, 9.17) is 9.47 Å². The van der Waals surface area contributed by atoms with Gasteiger partial charge in [-0.3, -0.25) is 0 Å². The van der Waals surface area contributed by atoms with Crippen molar-refractivity contribution >= 4 is 0 Å². The number of hydrogen-bond acceptors (Lipinski definition) is 3. The Bertz CT molecular complexity index is 397. The maximum Gasteiger partial charge on any atom is 0.123 e. The molecule has 1 aliphatic rings. The second kappa shape index (κ2) is 5.61. The van der Waals surface area contributed by atoms with E-state index in [1.165, 1.54) is 25.7 Å². The molecular formula is C15H23NO2. The van der Waals surface area contributed by atoms with Crippen LogP contribution in [0.1, 0.15) is 38.2 Å². The molecule has 1 fully saturated rings. The Morgan fingerprint density at radius 1 is 1.17 bits per heavy atom. The summed E-state index contributed by atoms with van der Waals surface area (Å²) in [6.07, 6.45) is 5.19. The van der Waals surface area contributed by atoms with Gasteiger partial charge in [-0.15, -0.1) is 0 Å². The summed E-state index contributed by atoms with van der Waals surface area (Å²) in [6, 6.07) is 5.94. The number of nitrogens with one attached hydrogen (secondary N) is 1. The van der Waals surface area contributed by atoms with E-state index in [2.05, 4.69) is 12.2 Å². The lowest BCUT2D eigenvalue weighted by atomic mass is 10.00. The number of hydrogen-bond donors (Lipinski definition) is 1. The Balaban J connectivity index is 2.07. The third-order valence-electron chi connectivity index (χ3n) is 3.90. The SMILES string of the molecule is COc1ccc(OC)c(CNC2(C)CCCC2)c1. The van der Waals surface area contributed by atoms with Gasteiger partial charge in [-0.05, 0) is 38.0 Å². The molecule has 0 atom stereocenters. The van der Waals surface area contributed by atoms with Crippen LogP contribution in [0, 0.1) is 0 Å². The molecule has 0 saturated heterocycles. The lowest BCUT2D eigenvalue weighted by Gasteiger charge is -2.26. The highest BCUT2D eigenvalue weighted by Gasteiger charge is 2.27. The van der Waals surface area contributed by atoms with Gasteiger partial charge in [-0.25, -0.2) is 0 Å². The number of ether oxygens (including phenoxy) is 2. The lowest BCUT2D eigenvalue weighted by Crippen LogP contribution is -2.38. The van der Waals surface area contributed by atoms with Crippen LogP contribution in [0.15, 0.2) is 18.2 Å². The molecule has 1 N–H and O–H groups in total. The minimum absolute atomic E-state index is 0.286. The summed E-state index contributed by atoms with van der Waals surface area (Å²) in [4.78, 5) is 0. The van der Waals surface area contributed by atoms with Crippen molar-refractivity contribution in [2.24, 2.45) is 0 Å². The van der Waals surface area contributed by atoms with Crippen molar-refractivity contribution in [3.05, 3.63) is 23.8 Å². The van der Waals surface area contributed by atoms with Crippen LogP contribution in [0.4, 0.5) is 0 Å². The fraction of sp³-hybridized carbons (Fsp3) is 0.600. The minimum atomic E-state index is 0.286. The Hall–Kier alpha value is -1.22. The second-order valence-corrected chi connectivity index (χ2v) is 5.30. The molecule has 3 heteroatoms. The summed E-state index contributed by atoms with van der Waals surface area (Å²) in [6.45, 7) is 3.14. The standard InChI is InChI=1S/C15H23NO2/c1-15(8-4-5-9-15)16-11-12-10-13(17-2)6-7-14(12)18-3/h6-7,10,16H,4-5,8-9,11H2,1-3H3. The number of benzene rings is 1. The summed E-state index contributed by atoms with van der Waals surface area (Å²) in [5.74, 6) is 1.80. The van der Waals surface area contributed by atoms with E-state index >= 15 is 0 Å². The van der Waals surface area contributed by atoms with Gasteiger partial charge in [-0.2, -0.15) is 0 Å². The average molecular weight is 249 g/mol.